The van der Waals surface area contributed by atoms with Crippen LogP contribution in [0.25, 0.3) is 0 Å². The quantitative estimate of drug-likeness (QED) is 0.858. The molecule has 0 unspecified atom stereocenters. The normalized spacial score (nSPS) is 9.50. The molecular weight excluding hydrogens is 248 g/mol. The van der Waals surface area contributed by atoms with E-state index in [4.69, 9.17) is 9.84 Å². The van der Waals surface area contributed by atoms with Crippen LogP contribution < -0.4 is 4.74 Å². The molecule has 20 heavy (non-hydrogen) atoms. The maximum absolute atomic E-state index is 8.53. The Kier molecular flexibility index (Phi) is 8.99. The molecule has 0 heterocycles. The topological polar surface area (TPSA) is 29.5 Å². The first-order chi connectivity index (χ1) is 9.86. The Bertz CT molecular complexity index is 382. The van der Waals surface area contributed by atoms with Crippen LogP contribution in [0.1, 0.15) is 25.3 Å². The summed E-state index contributed by atoms with van der Waals surface area (Å²) in [6.07, 6.45) is 2.91. The highest BCUT2D eigenvalue weighted by atomic mass is 16.5. The summed E-state index contributed by atoms with van der Waals surface area (Å²) in [6, 6.07) is 20.1. The Morgan fingerprint density at radius 1 is 0.900 bits per heavy atom. The molecule has 2 aromatic carbocycles. The lowest BCUT2D eigenvalue weighted by Gasteiger charge is -2.01. The summed E-state index contributed by atoms with van der Waals surface area (Å²) in [4.78, 5) is 0. The van der Waals surface area contributed by atoms with Crippen molar-refractivity contribution in [1.82, 2.24) is 0 Å². The third-order valence-corrected chi connectivity index (χ3v) is 2.68. The van der Waals surface area contributed by atoms with E-state index in [1.165, 1.54) is 5.56 Å². The number of ether oxygens (including phenoxy) is 1. The zero-order valence-electron chi connectivity index (χ0n) is 12.2. The number of aryl methyl sites for hydroxylation is 1. The van der Waals surface area contributed by atoms with Crippen molar-refractivity contribution in [3.63, 3.8) is 0 Å². The molecule has 0 aromatic heterocycles. The number of para-hydroxylation sites is 1. The number of hydrogen-bond donors (Lipinski definition) is 1. The molecule has 0 aliphatic heterocycles. The van der Waals surface area contributed by atoms with E-state index >= 15 is 0 Å². The highest BCUT2D eigenvalue weighted by molar-refractivity contribution is 5.20. The van der Waals surface area contributed by atoms with Crippen molar-refractivity contribution < 1.29 is 9.84 Å². The van der Waals surface area contributed by atoms with Gasteiger partial charge < -0.3 is 9.84 Å². The molecule has 2 rings (SSSR count). The van der Waals surface area contributed by atoms with Crippen molar-refractivity contribution in [3.05, 3.63) is 66.2 Å². The molecule has 0 amide bonds. The van der Waals surface area contributed by atoms with Crippen molar-refractivity contribution in [2.45, 2.75) is 26.2 Å². The second kappa shape index (κ2) is 11.1. The highest BCUT2D eigenvalue weighted by Crippen LogP contribution is 2.07. The lowest BCUT2D eigenvalue weighted by Crippen LogP contribution is -1.93. The number of aliphatic hydroxyl groups is 1. The Morgan fingerprint density at radius 2 is 1.50 bits per heavy atom. The minimum Gasteiger partial charge on any atom is -0.494 e. The van der Waals surface area contributed by atoms with E-state index in [1.807, 2.05) is 48.5 Å². The smallest absolute Gasteiger partial charge is 0.119 e. The zero-order valence-corrected chi connectivity index (χ0v) is 12.2. The minimum absolute atomic E-state index is 0.287. The van der Waals surface area contributed by atoms with Gasteiger partial charge in [-0.3, -0.25) is 0 Å². The first kappa shape index (κ1) is 16.3. The van der Waals surface area contributed by atoms with Gasteiger partial charge in [0.2, 0.25) is 0 Å². The molecule has 0 atom stereocenters. The summed E-state index contributed by atoms with van der Waals surface area (Å²) < 4.78 is 5.36. The van der Waals surface area contributed by atoms with Crippen LogP contribution in [0.15, 0.2) is 60.7 Å². The van der Waals surface area contributed by atoms with E-state index < -0.39 is 0 Å². The van der Waals surface area contributed by atoms with E-state index in [0.717, 1.165) is 31.6 Å². The van der Waals surface area contributed by atoms with Crippen molar-refractivity contribution in [2.75, 3.05) is 13.2 Å². The molecule has 0 bridgehead atoms. The Morgan fingerprint density at radius 3 is 2.05 bits per heavy atom. The summed E-state index contributed by atoms with van der Waals surface area (Å²) in [5.41, 5.74) is 1.30. The van der Waals surface area contributed by atoms with Crippen LogP contribution in [0.2, 0.25) is 0 Å². The summed E-state index contributed by atoms with van der Waals surface area (Å²) in [5, 5.41) is 8.53. The summed E-state index contributed by atoms with van der Waals surface area (Å²) in [6.45, 7) is 3.20. The lowest BCUT2D eigenvalue weighted by molar-refractivity contribution is 0.288. The van der Waals surface area contributed by atoms with Gasteiger partial charge in [0, 0.05) is 6.61 Å². The molecule has 0 spiro atoms. The second-order valence-corrected chi connectivity index (χ2v) is 4.47. The third kappa shape index (κ3) is 7.59. The first-order valence-electron chi connectivity index (χ1n) is 7.19. The van der Waals surface area contributed by atoms with Crippen molar-refractivity contribution in [2.24, 2.45) is 0 Å². The van der Waals surface area contributed by atoms with Gasteiger partial charge in [0.25, 0.3) is 0 Å². The molecule has 2 heteroatoms. The molecule has 0 aliphatic rings. The monoisotopic (exact) mass is 272 g/mol. The molecule has 1 N–H and O–H groups in total. The molecule has 0 fully saturated rings. The molecule has 0 radical (unpaired) electrons. The van der Waals surface area contributed by atoms with Gasteiger partial charge in [-0.05, 0) is 37.0 Å². The largest absolute Gasteiger partial charge is 0.494 e. The van der Waals surface area contributed by atoms with E-state index in [0.29, 0.717) is 0 Å². The molecule has 0 aliphatic carbocycles. The van der Waals surface area contributed by atoms with Crippen molar-refractivity contribution >= 4 is 0 Å². The third-order valence-electron chi connectivity index (χ3n) is 2.68. The van der Waals surface area contributed by atoms with E-state index in [9.17, 15) is 0 Å². The van der Waals surface area contributed by atoms with Gasteiger partial charge in [-0.15, -0.1) is 0 Å². The first-order valence-corrected chi connectivity index (χ1v) is 7.19. The SMILES string of the molecule is CCCOc1ccccc1.OCCCc1ccccc1. The summed E-state index contributed by atoms with van der Waals surface area (Å²) >= 11 is 0. The van der Waals surface area contributed by atoms with E-state index in [1.54, 1.807) is 0 Å². The summed E-state index contributed by atoms with van der Waals surface area (Å²) in [5.74, 6) is 0.962. The van der Waals surface area contributed by atoms with Crippen LogP contribution in [0.5, 0.6) is 5.75 Å². The Labute approximate surface area is 122 Å². The fraction of sp³-hybridized carbons (Fsp3) is 0.333. The van der Waals surface area contributed by atoms with Gasteiger partial charge >= 0.3 is 0 Å². The summed E-state index contributed by atoms with van der Waals surface area (Å²) in [7, 11) is 0. The molecule has 108 valence electrons. The van der Waals surface area contributed by atoms with Crippen LogP contribution in [0.3, 0.4) is 0 Å². The highest BCUT2D eigenvalue weighted by Gasteiger charge is 1.88. The van der Waals surface area contributed by atoms with Gasteiger partial charge in [0.05, 0.1) is 6.61 Å². The van der Waals surface area contributed by atoms with Gasteiger partial charge in [-0.25, -0.2) is 0 Å². The molecule has 2 nitrogen and oxygen atoms in total. The molecule has 0 saturated heterocycles. The van der Waals surface area contributed by atoms with E-state index in [-0.39, 0.29) is 6.61 Å². The van der Waals surface area contributed by atoms with Crippen LogP contribution in [0, 0.1) is 0 Å². The van der Waals surface area contributed by atoms with E-state index in [2.05, 4.69) is 19.1 Å². The van der Waals surface area contributed by atoms with Crippen LogP contribution >= 0.6 is 0 Å². The van der Waals surface area contributed by atoms with Crippen LogP contribution in [-0.2, 0) is 6.42 Å². The number of rotatable bonds is 6. The van der Waals surface area contributed by atoms with Gasteiger partial charge in [0.1, 0.15) is 5.75 Å². The van der Waals surface area contributed by atoms with Crippen LogP contribution in [-0.4, -0.2) is 18.3 Å². The fourth-order valence-corrected chi connectivity index (χ4v) is 1.66. The van der Waals surface area contributed by atoms with Crippen molar-refractivity contribution in [1.29, 1.82) is 0 Å². The molecule has 2 aromatic rings. The van der Waals surface area contributed by atoms with Gasteiger partial charge in [-0.1, -0.05) is 55.5 Å². The molecule has 0 saturated carbocycles. The molecular formula is C18H24O2. The van der Waals surface area contributed by atoms with Crippen molar-refractivity contribution in [3.8, 4) is 5.75 Å². The Balaban J connectivity index is 0.000000200. The average molecular weight is 272 g/mol. The average Bonchev–Trinajstić information content (AvgIpc) is 2.53. The lowest BCUT2D eigenvalue weighted by atomic mass is 10.1. The zero-order chi connectivity index (χ0) is 14.5. The number of aliphatic hydroxyl groups excluding tert-OH is 1. The maximum atomic E-state index is 8.53. The van der Waals surface area contributed by atoms with Gasteiger partial charge in [0.15, 0.2) is 0 Å². The minimum atomic E-state index is 0.287. The fourth-order valence-electron chi connectivity index (χ4n) is 1.66. The number of benzene rings is 2. The Hall–Kier alpha value is -1.80. The number of hydrogen-bond acceptors (Lipinski definition) is 2. The van der Waals surface area contributed by atoms with Gasteiger partial charge in [-0.2, -0.15) is 0 Å². The predicted octanol–water partition coefficient (Wildman–Crippen LogP) is 4.09. The maximum Gasteiger partial charge on any atom is 0.119 e. The van der Waals surface area contributed by atoms with Crippen LogP contribution in [0.4, 0.5) is 0 Å². The predicted molar refractivity (Wildman–Crippen MR) is 84.1 cm³/mol. The second-order valence-electron chi connectivity index (χ2n) is 4.47. The standard InChI is InChI=1S/2C9H12O/c1-2-8-10-9-6-4-3-5-7-9;10-8-4-7-9-5-2-1-3-6-9/h3-7H,2,8H2,1H3;1-3,5-6,10H,4,7-8H2.